The molecule has 0 spiro atoms. The zero-order valence-corrected chi connectivity index (χ0v) is 11.6. The first-order chi connectivity index (χ1) is 9.69. The molecule has 0 bridgehead atoms. The van der Waals surface area contributed by atoms with Crippen LogP contribution in [0, 0.1) is 6.92 Å². The Hall–Kier alpha value is -2.56. The average Bonchev–Trinajstić information content (AvgIpc) is 2.87. The number of aromatic nitrogens is 3. The lowest BCUT2D eigenvalue weighted by molar-refractivity contribution is 0.977. The molecular formula is C15H17N5. The molecule has 3 aromatic rings. The monoisotopic (exact) mass is 267 g/mol. The van der Waals surface area contributed by atoms with Crippen LogP contribution >= 0.6 is 0 Å². The maximum atomic E-state index is 5.90. The SMILES string of the molecule is CCN(c1cccc(C)c1)c1nc(N)cn2ccnc12. The maximum Gasteiger partial charge on any atom is 0.180 e. The van der Waals surface area contributed by atoms with Crippen LogP contribution in [0.4, 0.5) is 17.3 Å². The Morgan fingerprint density at radius 1 is 1.35 bits per heavy atom. The molecule has 0 radical (unpaired) electrons. The van der Waals surface area contributed by atoms with E-state index in [4.69, 9.17) is 5.73 Å². The molecule has 2 heterocycles. The first-order valence-corrected chi connectivity index (χ1v) is 6.62. The number of fused-ring (bicyclic) bond motifs is 1. The molecule has 0 aliphatic rings. The minimum absolute atomic E-state index is 0.483. The van der Waals surface area contributed by atoms with Crippen molar-refractivity contribution in [2.24, 2.45) is 0 Å². The average molecular weight is 267 g/mol. The number of nitrogen functional groups attached to an aromatic ring is 1. The molecule has 0 amide bonds. The molecule has 2 N–H and O–H groups in total. The first kappa shape index (κ1) is 12.5. The summed E-state index contributed by atoms with van der Waals surface area (Å²) in [6.07, 6.45) is 5.40. The summed E-state index contributed by atoms with van der Waals surface area (Å²) in [6, 6.07) is 8.33. The number of imidazole rings is 1. The molecule has 0 unspecified atom stereocenters. The quantitative estimate of drug-likeness (QED) is 0.792. The smallest absolute Gasteiger partial charge is 0.180 e. The van der Waals surface area contributed by atoms with Gasteiger partial charge in [0.25, 0.3) is 0 Å². The van der Waals surface area contributed by atoms with Gasteiger partial charge >= 0.3 is 0 Å². The van der Waals surface area contributed by atoms with Crippen molar-refractivity contribution in [1.82, 2.24) is 14.4 Å². The lowest BCUT2D eigenvalue weighted by Gasteiger charge is -2.23. The summed E-state index contributed by atoms with van der Waals surface area (Å²) in [5.74, 6) is 1.26. The topological polar surface area (TPSA) is 59.5 Å². The molecule has 3 rings (SSSR count). The molecule has 0 aliphatic heterocycles. The Bertz CT molecular complexity index is 747. The number of benzene rings is 1. The van der Waals surface area contributed by atoms with Gasteiger partial charge in [-0.05, 0) is 31.5 Å². The molecule has 5 nitrogen and oxygen atoms in total. The van der Waals surface area contributed by atoms with Gasteiger partial charge in [0.15, 0.2) is 11.5 Å². The molecule has 0 fully saturated rings. The number of aryl methyl sites for hydroxylation is 1. The zero-order valence-electron chi connectivity index (χ0n) is 11.6. The van der Waals surface area contributed by atoms with Gasteiger partial charge < -0.3 is 15.0 Å². The summed E-state index contributed by atoms with van der Waals surface area (Å²) >= 11 is 0. The fourth-order valence-corrected chi connectivity index (χ4v) is 2.37. The molecule has 0 atom stereocenters. The minimum atomic E-state index is 0.483. The van der Waals surface area contributed by atoms with Crippen molar-refractivity contribution in [2.75, 3.05) is 17.2 Å². The third-order valence-corrected chi connectivity index (χ3v) is 3.26. The summed E-state index contributed by atoms with van der Waals surface area (Å²) in [4.78, 5) is 11.0. The van der Waals surface area contributed by atoms with Crippen molar-refractivity contribution < 1.29 is 0 Å². The first-order valence-electron chi connectivity index (χ1n) is 6.62. The second-order valence-corrected chi connectivity index (χ2v) is 4.73. The van der Waals surface area contributed by atoms with Gasteiger partial charge in [0.2, 0.25) is 0 Å². The van der Waals surface area contributed by atoms with Gasteiger partial charge in [-0.2, -0.15) is 0 Å². The van der Waals surface area contributed by atoms with Crippen molar-refractivity contribution in [3.8, 4) is 0 Å². The molecule has 102 valence electrons. The van der Waals surface area contributed by atoms with Crippen molar-refractivity contribution in [2.45, 2.75) is 13.8 Å². The minimum Gasteiger partial charge on any atom is -0.382 e. The highest BCUT2D eigenvalue weighted by molar-refractivity contribution is 5.73. The predicted octanol–water partition coefficient (Wildman–Crippen LogP) is 2.78. The normalized spacial score (nSPS) is 10.9. The van der Waals surface area contributed by atoms with Crippen LogP contribution in [0.15, 0.2) is 42.9 Å². The largest absolute Gasteiger partial charge is 0.382 e. The van der Waals surface area contributed by atoms with E-state index in [1.807, 2.05) is 16.7 Å². The highest BCUT2D eigenvalue weighted by atomic mass is 15.2. The zero-order chi connectivity index (χ0) is 14.1. The second-order valence-electron chi connectivity index (χ2n) is 4.73. The summed E-state index contributed by atoms with van der Waals surface area (Å²) < 4.78 is 1.90. The second kappa shape index (κ2) is 4.85. The molecule has 0 aliphatic carbocycles. The highest BCUT2D eigenvalue weighted by Crippen LogP contribution is 2.27. The van der Waals surface area contributed by atoms with Crippen molar-refractivity contribution in [3.63, 3.8) is 0 Å². The van der Waals surface area contributed by atoms with Crippen LogP contribution in [0.2, 0.25) is 0 Å². The Labute approximate surface area is 117 Å². The number of nitrogens with zero attached hydrogens (tertiary/aromatic N) is 4. The molecule has 0 saturated carbocycles. The Morgan fingerprint density at radius 3 is 2.95 bits per heavy atom. The summed E-state index contributed by atoms with van der Waals surface area (Å²) in [5, 5.41) is 0. The van der Waals surface area contributed by atoms with Gasteiger partial charge in [-0.15, -0.1) is 0 Å². The van der Waals surface area contributed by atoms with E-state index in [9.17, 15) is 0 Å². The molecular weight excluding hydrogens is 250 g/mol. The van der Waals surface area contributed by atoms with Crippen molar-refractivity contribution in [1.29, 1.82) is 0 Å². The summed E-state index contributed by atoms with van der Waals surface area (Å²) in [5.41, 5.74) is 9.01. The van der Waals surface area contributed by atoms with E-state index in [1.54, 1.807) is 12.4 Å². The Morgan fingerprint density at radius 2 is 2.20 bits per heavy atom. The van der Waals surface area contributed by atoms with Gasteiger partial charge in [0.05, 0.1) is 6.20 Å². The molecule has 2 aromatic heterocycles. The van der Waals surface area contributed by atoms with Gasteiger partial charge in [-0.1, -0.05) is 12.1 Å². The Balaban J connectivity index is 2.18. The van der Waals surface area contributed by atoms with Crippen molar-refractivity contribution in [3.05, 3.63) is 48.4 Å². The van der Waals surface area contributed by atoms with E-state index < -0.39 is 0 Å². The Kier molecular flexibility index (Phi) is 3.02. The van der Waals surface area contributed by atoms with E-state index in [0.717, 1.165) is 23.7 Å². The van der Waals surface area contributed by atoms with E-state index in [2.05, 4.69) is 46.9 Å². The highest BCUT2D eigenvalue weighted by Gasteiger charge is 2.15. The number of hydrogen-bond donors (Lipinski definition) is 1. The number of rotatable bonds is 3. The van der Waals surface area contributed by atoms with Crippen LogP contribution < -0.4 is 10.6 Å². The maximum absolute atomic E-state index is 5.90. The summed E-state index contributed by atoms with van der Waals surface area (Å²) in [6.45, 7) is 4.96. The van der Waals surface area contributed by atoms with Crippen molar-refractivity contribution >= 4 is 23.0 Å². The van der Waals surface area contributed by atoms with Crippen LogP contribution in [0.5, 0.6) is 0 Å². The van der Waals surface area contributed by atoms with Gasteiger partial charge in [-0.3, -0.25) is 0 Å². The fourth-order valence-electron chi connectivity index (χ4n) is 2.37. The standard InChI is InChI=1S/C15H17N5/c1-3-20(12-6-4-5-11(2)9-12)15-14-17-7-8-19(14)10-13(16)18-15/h4-10H,3,16H2,1-2H3. The number of nitrogens with two attached hydrogens (primary N) is 1. The van der Waals surface area contributed by atoms with E-state index >= 15 is 0 Å². The van der Waals surface area contributed by atoms with Crippen LogP contribution in [0.3, 0.4) is 0 Å². The van der Waals surface area contributed by atoms with Gasteiger partial charge in [-0.25, -0.2) is 9.97 Å². The number of anilines is 3. The predicted molar refractivity (Wildman–Crippen MR) is 81.3 cm³/mol. The van der Waals surface area contributed by atoms with Gasteiger partial charge in [0, 0.05) is 24.6 Å². The van der Waals surface area contributed by atoms with E-state index in [1.165, 1.54) is 5.56 Å². The molecule has 1 aromatic carbocycles. The molecule has 0 saturated heterocycles. The number of hydrogen-bond acceptors (Lipinski definition) is 4. The third-order valence-electron chi connectivity index (χ3n) is 3.26. The fraction of sp³-hybridized carbons (Fsp3) is 0.200. The molecule has 20 heavy (non-hydrogen) atoms. The van der Waals surface area contributed by atoms with Crippen LogP contribution in [0.1, 0.15) is 12.5 Å². The lowest BCUT2D eigenvalue weighted by atomic mass is 10.2. The van der Waals surface area contributed by atoms with Gasteiger partial charge in [0.1, 0.15) is 5.82 Å². The lowest BCUT2D eigenvalue weighted by Crippen LogP contribution is -2.19. The molecule has 5 heteroatoms. The van der Waals surface area contributed by atoms with Crippen LogP contribution in [0.25, 0.3) is 5.65 Å². The van der Waals surface area contributed by atoms with E-state index in [-0.39, 0.29) is 0 Å². The summed E-state index contributed by atoms with van der Waals surface area (Å²) in [7, 11) is 0. The van der Waals surface area contributed by atoms with E-state index in [0.29, 0.717) is 5.82 Å². The third kappa shape index (κ3) is 2.07. The van der Waals surface area contributed by atoms with Crippen LogP contribution in [-0.4, -0.2) is 20.9 Å². The van der Waals surface area contributed by atoms with Crippen LogP contribution in [-0.2, 0) is 0 Å².